The summed E-state index contributed by atoms with van der Waals surface area (Å²) in [5.41, 5.74) is 2.86. The molecule has 0 unspecified atom stereocenters. The van der Waals surface area contributed by atoms with E-state index in [-0.39, 0.29) is 5.78 Å². The van der Waals surface area contributed by atoms with Crippen LogP contribution in [-0.2, 0) is 9.53 Å². The van der Waals surface area contributed by atoms with Crippen LogP contribution in [0.15, 0.2) is 48.5 Å². The van der Waals surface area contributed by atoms with Crippen LogP contribution in [0.5, 0.6) is 11.5 Å². The summed E-state index contributed by atoms with van der Waals surface area (Å²) in [6.07, 6.45) is 1.94. The predicted octanol–water partition coefficient (Wildman–Crippen LogP) is 4.32. The number of H-pyrrole nitrogens is 1. The number of ether oxygens (including phenoxy) is 3. The number of benzene rings is 2. The third-order valence-electron chi connectivity index (χ3n) is 4.64. The van der Waals surface area contributed by atoms with Gasteiger partial charge in [0.05, 0.1) is 14.2 Å². The fraction of sp³-hybridized carbons (Fsp3) is 0.217. The molecule has 0 bridgehead atoms. The number of methoxy groups -OCH3 is 2. The second-order valence-electron chi connectivity index (χ2n) is 6.56. The fourth-order valence-corrected chi connectivity index (χ4v) is 3.18. The molecule has 0 aliphatic rings. The number of ketones is 1. The second kappa shape index (κ2) is 8.65. The Morgan fingerprint density at radius 1 is 1.07 bits per heavy atom. The number of para-hydroxylation sites is 1. The van der Waals surface area contributed by atoms with Crippen molar-refractivity contribution in [3.8, 4) is 11.5 Å². The molecule has 0 fully saturated rings. The highest BCUT2D eigenvalue weighted by Crippen LogP contribution is 2.26. The topological polar surface area (TPSA) is 77.6 Å². The van der Waals surface area contributed by atoms with Crippen LogP contribution in [0.2, 0.25) is 0 Å². The van der Waals surface area contributed by atoms with E-state index in [0.29, 0.717) is 22.6 Å². The highest BCUT2D eigenvalue weighted by atomic mass is 16.5. The lowest BCUT2D eigenvalue weighted by molar-refractivity contribution is -0.140. The summed E-state index contributed by atoms with van der Waals surface area (Å²) in [6.45, 7) is 3.40. The van der Waals surface area contributed by atoms with Gasteiger partial charge in [-0.05, 0) is 38.1 Å². The molecule has 1 heterocycles. The van der Waals surface area contributed by atoms with E-state index in [2.05, 4.69) is 4.98 Å². The normalized spacial score (nSPS) is 12.1. The fourth-order valence-electron chi connectivity index (χ4n) is 3.18. The molecule has 6 heteroatoms. The summed E-state index contributed by atoms with van der Waals surface area (Å²) in [6, 6.07) is 12.8. The smallest absolute Gasteiger partial charge is 0.331 e. The molecule has 0 spiro atoms. The first kappa shape index (κ1) is 20.2. The van der Waals surface area contributed by atoms with Gasteiger partial charge in [-0.15, -0.1) is 0 Å². The van der Waals surface area contributed by atoms with Crippen LogP contribution in [0.25, 0.3) is 17.0 Å². The lowest BCUT2D eigenvalue weighted by Gasteiger charge is -2.11. The average Bonchev–Trinajstić information content (AvgIpc) is 3.07. The molecule has 3 rings (SSSR count). The van der Waals surface area contributed by atoms with Crippen molar-refractivity contribution in [2.45, 2.75) is 20.0 Å². The zero-order chi connectivity index (χ0) is 21.0. The SMILES string of the molecule is COc1ccc(/C=C/C(=O)O[C@H](C)C(=O)c2c(C)[nH]c3ccccc23)c(OC)c1. The van der Waals surface area contributed by atoms with Gasteiger partial charge in [0, 0.05) is 39.9 Å². The molecule has 0 radical (unpaired) electrons. The van der Waals surface area contributed by atoms with Crippen molar-refractivity contribution in [3.63, 3.8) is 0 Å². The minimum Gasteiger partial charge on any atom is -0.497 e. The van der Waals surface area contributed by atoms with Crippen LogP contribution in [0, 0.1) is 6.92 Å². The highest BCUT2D eigenvalue weighted by Gasteiger charge is 2.23. The zero-order valence-corrected chi connectivity index (χ0v) is 16.8. The molecule has 0 aliphatic carbocycles. The number of hydrogen-bond acceptors (Lipinski definition) is 5. The standard InChI is InChI=1S/C23H23NO5/c1-14-22(18-7-5-6-8-19(18)24-14)23(26)15(2)29-21(25)12-10-16-9-11-17(27-3)13-20(16)28-4/h5-13,15,24H,1-4H3/b12-10+/t15-/m1/s1. The van der Waals surface area contributed by atoms with Crippen LogP contribution < -0.4 is 9.47 Å². The number of aryl methyl sites for hydroxylation is 1. The lowest BCUT2D eigenvalue weighted by atomic mass is 10.0. The van der Waals surface area contributed by atoms with Gasteiger partial charge >= 0.3 is 5.97 Å². The third kappa shape index (κ3) is 4.32. The molecule has 2 aromatic carbocycles. The number of aromatic amines is 1. The molecule has 0 saturated heterocycles. The van der Waals surface area contributed by atoms with E-state index in [9.17, 15) is 9.59 Å². The first-order valence-corrected chi connectivity index (χ1v) is 9.16. The molecule has 0 saturated carbocycles. The van der Waals surface area contributed by atoms with Gasteiger partial charge in [-0.2, -0.15) is 0 Å². The number of fused-ring (bicyclic) bond motifs is 1. The van der Waals surface area contributed by atoms with Gasteiger partial charge in [0.15, 0.2) is 6.10 Å². The highest BCUT2D eigenvalue weighted by molar-refractivity contribution is 6.11. The molecule has 0 amide bonds. The van der Waals surface area contributed by atoms with Crippen LogP contribution >= 0.6 is 0 Å². The van der Waals surface area contributed by atoms with Gasteiger partial charge in [-0.3, -0.25) is 4.79 Å². The Balaban J connectivity index is 1.73. The van der Waals surface area contributed by atoms with E-state index in [1.165, 1.54) is 13.2 Å². The number of carbonyl (C=O) groups is 2. The number of esters is 1. The minimum atomic E-state index is -0.914. The Morgan fingerprint density at radius 2 is 1.83 bits per heavy atom. The number of nitrogens with one attached hydrogen (secondary N) is 1. The van der Waals surface area contributed by atoms with Gasteiger partial charge in [-0.25, -0.2) is 4.79 Å². The third-order valence-corrected chi connectivity index (χ3v) is 4.64. The van der Waals surface area contributed by atoms with Crippen molar-refractivity contribution < 1.29 is 23.8 Å². The Bertz CT molecular complexity index is 1080. The van der Waals surface area contributed by atoms with Crippen molar-refractivity contribution in [3.05, 3.63) is 65.4 Å². The summed E-state index contributed by atoms with van der Waals surface area (Å²) in [5.74, 6) is 0.354. The molecular formula is C23H23NO5. The Morgan fingerprint density at radius 3 is 2.55 bits per heavy atom. The molecule has 1 aromatic heterocycles. The lowest BCUT2D eigenvalue weighted by Crippen LogP contribution is -2.24. The quantitative estimate of drug-likeness (QED) is 0.367. The maximum atomic E-state index is 12.9. The van der Waals surface area contributed by atoms with Crippen molar-refractivity contribution in [1.29, 1.82) is 0 Å². The second-order valence-corrected chi connectivity index (χ2v) is 6.56. The zero-order valence-electron chi connectivity index (χ0n) is 16.8. The summed E-state index contributed by atoms with van der Waals surface area (Å²) >= 11 is 0. The molecule has 1 atom stereocenters. The van der Waals surface area contributed by atoms with Crippen LogP contribution in [0.3, 0.4) is 0 Å². The minimum absolute atomic E-state index is 0.247. The molecule has 0 aliphatic heterocycles. The maximum absolute atomic E-state index is 12.9. The number of Topliss-reactive ketones (excluding diaryl/α,β-unsaturated/α-hetero) is 1. The van der Waals surface area contributed by atoms with Crippen molar-refractivity contribution in [2.75, 3.05) is 14.2 Å². The Hall–Kier alpha value is -3.54. The number of carbonyl (C=O) groups excluding carboxylic acids is 2. The number of hydrogen-bond donors (Lipinski definition) is 1. The van der Waals surface area contributed by atoms with Gasteiger partial charge in [-0.1, -0.05) is 18.2 Å². The molecule has 3 aromatic rings. The molecular weight excluding hydrogens is 370 g/mol. The molecule has 29 heavy (non-hydrogen) atoms. The van der Waals surface area contributed by atoms with E-state index in [1.807, 2.05) is 31.2 Å². The summed E-state index contributed by atoms with van der Waals surface area (Å²) in [7, 11) is 3.10. The largest absolute Gasteiger partial charge is 0.497 e. The molecule has 150 valence electrons. The maximum Gasteiger partial charge on any atom is 0.331 e. The van der Waals surface area contributed by atoms with E-state index in [0.717, 1.165) is 16.6 Å². The van der Waals surface area contributed by atoms with Crippen LogP contribution in [0.1, 0.15) is 28.5 Å². The predicted molar refractivity (Wildman–Crippen MR) is 112 cm³/mol. The van der Waals surface area contributed by atoms with E-state index < -0.39 is 12.1 Å². The van der Waals surface area contributed by atoms with Crippen LogP contribution in [-0.4, -0.2) is 37.1 Å². The van der Waals surface area contributed by atoms with E-state index >= 15 is 0 Å². The van der Waals surface area contributed by atoms with Gasteiger partial charge in [0.2, 0.25) is 5.78 Å². The van der Waals surface area contributed by atoms with Crippen LogP contribution in [0.4, 0.5) is 0 Å². The first-order valence-electron chi connectivity index (χ1n) is 9.16. The van der Waals surface area contributed by atoms with Crippen molar-refractivity contribution in [1.82, 2.24) is 4.98 Å². The molecule has 6 nitrogen and oxygen atoms in total. The number of aromatic nitrogens is 1. The summed E-state index contributed by atoms with van der Waals surface area (Å²) in [5, 5.41) is 0.816. The van der Waals surface area contributed by atoms with E-state index in [1.54, 1.807) is 38.3 Å². The first-order chi connectivity index (χ1) is 13.9. The monoisotopic (exact) mass is 393 g/mol. The number of rotatable bonds is 7. The van der Waals surface area contributed by atoms with E-state index in [4.69, 9.17) is 14.2 Å². The van der Waals surface area contributed by atoms with Crippen molar-refractivity contribution in [2.24, 2.45) is 0 Å². The summed E-state index contributed by atoms with van der Waals surface area (Å²) in [4.78, 5) is 28.3. The summed E-state index contributed by atoms with van der Waals surface area (Å²) < 4.78 is 15.8. The molecule has 1 N–H and O–H groups in total. The van der Waals surface area contributed by atoms with Crippen molar-refractivity contribution >= 4 is 28.7 Å². The van der Waals surface area contributed by atoms with Gasteiger partial charge in [0.25, 0.3) is 0 Å². The average molecular weight is 393 g/mol. The van der Waals surface area contributed by atoms with Gasteiger partial charge < -0.3 is 19.2 Å². The van der Waals surface area contributed by atoms with Gasteiger partial charge in [0.1, 0.15) is 11.5 Å². The Kier molecular flexibility index (Phi) is 6.02. The Labute approximate surface area is 169 Å².